The molecule has 1 saturated carbocycles. The highest BCUT2D eigenvalue weighted by Crippen LogP contribution is 2.27. The molecule has 6 N–H and O–H groups in total. The molecule has 10 nitrogen and oxygen atoms in total. The number of nitrogens with zero attached hydrogens (tertiary/aromatic N) is 5. The van der Waals surface area contributed by atoms with E-state index in [1.807, 2.05) is 36.0 Å². The van der Waals surface area contributed by atoms with Crippen molar-refractivity contribution in [1.82, 2.24) is 25.0 Å². The molecule has 1 aliphatic carbocycles. The molecule has 29 heavy (non-hydrogen) atoms. The molecule has 1 fully saturated rings. The molecule has 1 amide bonds. The van der Waals surface area contributed by atoms with Crippen molar-refractivity contribution in [2.75, 3.05) is 10.6 Å². The van der Waals surface area contributed by atoms with Gasteiger partial charge in [0.1, 0.15) is 0 Å². The predicted octanol–water partition coefficient (Wildman–Crippen LogP) is 1.77. The van der Waals surface area contributed by atoms with E-state index in [9.17, 15) is 4.79 Å². The third kappa shape index (κ3) is 3.97. The van der Waals surface area contributed by atoms with Crippen LogP contribution in [0.15, 0.2) is 24.4 Å². The molecule has 2 heterocycles. The molecule has 0 saturated heterocycles. The quantitative estimate of drug-likeness (QED) is 0.493. The van der Waals surface area contributed by atoms with Gasteiger partial charge in [-0.3, -0.25) is 9.48 Å². The smallest absolute Gasteiger partial charge is 0.273 e. The molecule has 0 radical (unpaired) electrons. The Morgan fingerprint density at radius 2 is 2.10 bits per heavy atom. The topological polar surface area (TPSA) is 150 Å². The zero-order valence-electron chi connectivity index (χ0n) is 16.3. The van der Waals surface area contributed by atoms with Gasteiger partial charge in [0.2, 0.25) is 5.95 Å². The van der Waals surface area contributed by atoms with E-state index in [1.165, 1.54) is 0 Å². The number of anilines is 3. The largest absolute Gasteiger partial charge is 0.364 e. The van der Waals surface area contributed by atoms with Crippen LogP contribution in [0.4, 0.5) is 17.5 Å². The Balaban J connectivity index is 1.66. The van der Waals surface area contributed by atoms with E-state index >= 15 is 0 Å². The van der Waals surface area contributed by atoms with E-state index in [0.717, 1.165) is 48.8 Å². The van der Waals surface area contributed by atoms with Crippen molar-refractivity contribution in [3.63, 3.8) is 0 Å². The molecule has 1 aliphatic rings. The number of nitrogens with two attached hydrogens (primary N) is 2. The summed E-state index contributed by atoms with van der Waals surface area (Å²) in [7, 11) is 0. The highest BCUT2D eigenvalue weighted by atomic mass is 16.1. The Bertz CT molecular complexity index is 1030. The molecule has 1 aromatic carbocycles. The summed E-state index contributed by atoms with van der Waals surface area (Å²) in [6.45, 7) is 2.78. The molecule has 152 valence electrons. The number of primary amides is 1. The number of hydrogen-bond donors (Lipinski definition) is 4. The predicted molar refractivity (Wildman–Crippen MR) is 111 cm³/mol. The van der Waals surface area contributed by atoms with Crippen LogP contribution in [-0.4, -0.2) is 43.0 Å². The van der Waals surface area contributed by atoms with Crippen LogP contribution in [0, 0.1) is 0 Å². The van der Waals surface area contributed by atoms with Gasteiger partial charge >= 0.3 is 0 Å². The fourth-order valence-electron chi connectivity index (χ4n) is 3.64. The summed E-state index contributed by atoms with van der Waals surface area (Å²) in [5.74, 6) is -0.141. The Hall–Kier alpha value is -3.27. The number of hydrogen-bond acceptors (Lipinski definition) is 8. The molecule has 0 unspecified atom stereocenters. The Kier molecular flexibility index (Phi) is 5.26. The number of carbonyl (C=O) groups is 1. The van der Waals surface area contributed by atoms with Crippen LogP contribution in [0.25, 0.3) is 10.9 Å². The number of aryl methyl sites for hydroxylation is 1. The second kappa shape index (κ2) is 8.00. The van der Waals surface area contributed by atoms with Gasteiger partial charge in [-0.25, -0.2) is 0 Å². The van der Waals surface area contributed by atoms with Crippen molar-refractivity contribution in [3.05, 3.63) is 30.1 Å². The Labute approximate surface area is 168 Å². The maximum absolute atomic E-state index is 11.9. The fourth-order valence-corrected chi connectivity index (χ4v) is 3.64. The van der Waals surface area contributed by atoms with Gasteiger partial charge in [0.25, 0.3) is 5.91 Å². The van der Waals surface area contributed by atoms with Gasteiger partial charge in [0.05, 0.1) is 11.2 Å². The number of benzene rings is 1. The standard InChI is InChI=1S/C19H25N9O/c1-2-28-10-11-13(8-5-9-14(11)27-28)22-18-16(17(21)29)25-26-19(24-18)23-15-7-4-3-6-12(15)20/h5,8-10,12,15H,2-4,6-7,20H2,1H3,(H2,21,29)(H2,22,23,24,26)/t12-,15+/m0/s1. The summed E-state index contributed by atoms with van der Waals surface area (Å²) in [6.07, 6.45) is 6.07. The van der Waals surface area contributed by atoms with Crippen molar-refractivity contribution in [2.45, 2.75) is 51.2 Å². The average molecular weight is 395 g/mol. The zero-order valence-corrected chi connectivity index (χ0v) is 16.3. The summed E-state index contributed by atoms with van der Waals surface area (Å²) in [6, 6.07) is 5.81. The Morgan fingerprint density at radius 3 is 2.86 bits per heavy atom. The molecule has 4 rings (SSSR count). The van der Waals surface area contributed by atoms with Gasteiger partial charge in [0.15, 0.2) is 11.5 Å². The number of rotatable bonds is 6. The summed E-state index contributed by atoms with van der Waals surface area (Å²) >= 11 is 0. The molecule has 10 heteroatoms. The van der Waals surface area contributed by atoms with E-state index in [-0.39, 0.29) is 23.6 Å². The normalized spacial score (nSPS) is 19.2. The average Bonchev–Trinajstić information content (AvgIpc) is 3.14. The van der Waals surface area contributed by atoms with Crippen LogP contribution in [0.5, 0.6) is 0 Å². The first kappa shape index (κ1) is 19.1. The van der Waals surface area contributed by atoms with Crippen LogP contribution < -0.4 is 22.1 Å². The van der Waals surface area contributed by atoms with E-state index < -0.39 is 5.91 Å². The number of amides is 1. The minimum Gasteiger partial charge on any atom is -0.364 e. The van der Waals surface area contributed by atoms with Gasteiger partial charge in [-0.1, -0.05) is 18.9 Å². The lowest BCUT2D eigenvalue weighted by molar-refractivity contribution is 0.0995. The molecule has 2 aromatic heterocycles. The molecule has 0 bridgehead atoms. The highest BCUT2D eigenvalue weighted by molar-refractivity contribution is 5.98. The number of fused-ring (bicyclic) bond motifs is 1. The van der Waals surface area contributed by atoms with Crippen LogP contribution in [-0.2, 0) is 6.54 Å². The van der Waals surface area contributed by atoms with Crippen molar-refractivity contribution < 1.29 is 4.79 Å². The molecular weight excluding hydrogens is 370 g/mol. The van der Waals surface area contributed by atoms with Crippen LogP contribution in [0.3, 0.4) is 0 Å². The highest BCUT2D eigenvalue weighted by Gasteiger charge is 2.23. The van der Waals surface area contributed by atoms with Crippen LogP contribution in [0.1, 0.15) is 43.1 Å². The monoisotopic (exact) mass is 395 g/mol. The van der Waals surface area contributed by atoms with Crippen molar-refractivity contribution in [3.8, 4) is 0 Å². The SMILES string of the molecule is CCn1cc2c(Nc3nc(N[C@@H]4CCCC[C@@H]4N)nnc3C(N)=O)cccc2n1. The van der Waals surface area contributed by atoms with Gasteiger partial charge in [0, 0.05) is 30.2 Å². The van der Waals surface area contributed by atoms with Gasteiger partial charge in [-0.05, 0) is 31.9 Å². The first-order valence-electron chi connectivity index (χ1n) is 9.85. The zero-order chi connectivity index (χ0) is 20.4. The lowest BCUT2D eigenvalue weighted by atomic mass is 9.91. The van der Waals surface area contributed by atoms with Gasteiger partial charge in [-0.2, -0.15) is 10.1 Å². The lowest BCUT2D eigenvalue weighted by Crippen LogP contribution is -2.43. The van der Waals surface area contributed by atoms with E-state index in [2.05, 4.69) is 30.9 Å². The van der Waals surface area contributed by atoms with E-state index in [4.69, 9.17) is 11.5 Å². The van der Waals surface area contributed by atoms with Crippen LogP contribution >= 0.6 is 0 Å². The second-order valence-electron chi connectivity index (χ2n) is 7.24. The molecule has 0 aliphatic heterocycles. The second-order valence-corrected chi connectivity index (χ2v) is 7.24. The summed E-state index contributed by atoms with van der Waals surface area (Å²) in [4.78, 5) is 16.3. The molecule has 3 aromatic rings. The third-order valence-corrected chi connectivity index (χ3v) is 5.23. The van der Waals surface area contributed by atoms with E-state index in [1.54, 1.807) is 0 Å². The molecule has 0 spiro atoms. The van der Waals surface area contributed by atoms with Crippen molar-refractivity contribution in [2.24, 2.45) is 11.5 Å². The maximum Gasteiger partial charge on any atom is 0.273 e. The molecule has 2 atom stereocenters. The number of nitrogens with one attached hydrogen (secondary N) is 2. The molecular formula is C19H25N9O. The fraction of sp³-hybridized carbons (Fsp3) is 0.421. The third-order valence-electron chi connectivity index (χ3n) is 5.23. The van der Waals surface area contributed by atoms with Gasteiger partial charge < -0.3 is 22.1 Å². The Morgan fingerprint density at radius 1 is 1.28 bits per heavy atom. The number of aromatic nitrogens is 5. The minimum absolute atomic E-state index is 0.0246. The first-order chi connectivity index (χ1) is 14.0. The minimum atomic E-state index is -0.704. The van der Waals surface area contributed by atoms with Crippen molar-refractivity contribution >= 4 is 34.3 Å². The number of carbonyl (C=O) groups excluding carboxylic acids is 1. The first-order valence-corrected chi connectivity index (χ1v) is 9.85. The van der Waals surface area contributed by atoms with Crippen LogP contribution in [0.2, 0.25) is 0 Å². The summed E-state index contributed by atoms with van der Waals surface area (Å²) in [5, 5.41) is 19.9. The van der Waals surface area contributed by atoms with E-state index in [0.29, 0.717) is 5.95 Å². The van der Waals surface area contributed by atoms with Gasteiger partial charge in [-0.15, -0.1) is 10.2 Å². The lowest BCUT2D eigenvalue weighted by Gasteiger charge is -2.29. The summed E-state index contributed by atoms with van der Waals surface area (Å²) < 4.78 is 1.85. The summed E-state index contributed by atoms with van der Waals surface area (Å²) in [5.41, 5.74) is 13.3. The maximum atomic E-state index is 11.9. The van der Waals surface area contributed by atoms with Crippen molar-refractivity contribution in [1.29, 1.82) is 0 Å².